The smallest absolute Gasteiger partial charge is 0.374 e. The number of nitrogens with zero attached hydrogens (tertiary/aromatic N) is 1. The van der Waals surface area contributed by atoms with Gasteiger partial charge in [-0.2, -0.15) is 0 Å². The maximum atomic E-state index is 13.9. The van der Waals surface area contributed by atoms with Crippen molar-refractivity contribution in [1.29, 1.82) is 0 Å². The van der Waals surface area contributed by atoms with Gasteiger partial charge in [0, 0.05) is 9.77 Å². The Morgan fingerprint density at radius 1 is 1.27 bits per heavy atom. The molecule has 0 radical (unpaired) electrons. The van der Waals surface area contributed by atoms with Crippen LogP contribution in [0.1, 0.15) is 10.6 Å². The van der Waals surface area contributed by atoms with Gasteiger partial charge in [0.05, 0.1) is 17.3 Å². The van der Waals surface area contributed by atoms with Crippen LogP contribution in [0.4, 0.5) is 20.2 Å². The summed E-state index contributed by atoms with van der Waals surface area (Å²) in [7, 11) is 0. The van der Waals surface area contributed by atoms with Gasteiger partial charge >= 0.3 is 5.97 Å². The fourth-order valence-electron chi connectivity index (χ4n) is 1.98. The lowest BCUT2D eigenvalue weighted by atomic mass is 10.2. The second-order valence-corrected chi connectivity index (χ2v) is 5.60. The molecule has 3 rings (SSSR count). The Balaban J connectivity index is 2.18. The molecule has 0 aliphatic carbocycles. The highest BCUT2D eigenvalue weighted by molar-refractivity contribution is 14.1. The van der Waals surface area contributed by atoms with E-state index in [2.05, 4.69) is 10.3 Å². The number of nitrogens with one attached hydrogen (secondary N) is 1. The van der Waals surface area contributed by atoms with E-state index >= 15 is 0 Å². The molecule has 1 aromatic carbocycles. The minimum absolute atomic E-state index is 0.0467. The van der Waals surface area contributed by atoms with Gasteiger partial charge < -0.3 is 14.8 Å². The molecule has 0 unspecified atom stereocenters. The molecule has 112 valence electrons. The van der Waals surface area contributed by atoms with Crippen LogP contribution in [0.5, 0.6) is 0 Å². The maximum absolute atomic E-state index is 13.9. The SMILES string of the molecule is O=C(O)c1oc2c(F)cncc2c1Nc1ccc(I)cc1F. The van der Waals surface area contributed by atoms with Crippen molar-refractivity contribution in [1.82, 2.24) is 4.98 Å². The van der Waals surface area contributed by atoms with Crippen molar-refractivity contribution >= 4 is 50.9 Å². The van der Waals surface area contributed by atoms with Gasteiger partial charge in [-0.15, -0.1) is 0 Å². The Morgan fingerprint density at radius 2 is 2.05 bits per heavy atom. The van der Waals surface area contributed by atoms with Gasteiger partial charge in [0.1, 0.15) is 11.5 Å². The zero-order chi connectivity index (χ0) is 15.9. The number of furan rings is 1. The Morgan fingerprint density at radius 3 is 2.73 bits per heavy atom. The average molecular weight is 416 g/mol. The van der Waals surface area contributed by atoms with Crippen molar-refractivity contribution in [3.8, 4) is 0 Å². The van der Waals surface area contributed by atoms with Gasteiger partial charge in [0.25, 0.3) is 0 Å². The number of carboxylic acid groups (broad SMARTS) is 1. The second kappa shape index (κ2) is 5.52. The lowest BCUT2D eigenvalue weighted by Crippen LogP contribution is -2.01. The van der Waals surface area contributed by atoms with Gasteiger partial charge in [-0.3, -0.25) is 4.98 Å². The summed E-state index contributed by atoms with van der Waals surface area (Å²) in [5.41, 5.74) is -0.245. The Bertz CT molecular complexity index is 895. The van der Waals surface area contributed by atoms with Crippen LogP contribution in [0.3, 0.4) is 0 Å². The van der Waals surface area contributed by atoms with Crippen molar-refractivity contribution in [2.24, 2.45) is 0 Å². The number of hydrogen-bond acceptors (Lipinski definition) is 4. The standard InChI is InChI=1S/C14H7F2IN2O3/c15-8-3-6(17)1-2-10(8)19-11-7-4-18-5-9(16)12(7)22-13(11)14(20)21/h1-5,19H,(H,20,21). The van der Waals surface area contributed by atoms with Gasteiger partial charge in [-0.25, -0.2) is 13.6 Å². The van der Waals surface area contributed by atoms with E-state index in [1.807, 2.05) is 22.6 Å². The van der Waals surface area contributed by atoms with Crippen molar-refractivity contribution in [3.63, 3.8) is 0 Å². The summed E-state index contributed by atoms with van der Waals surface area (Å²) in [6, 6.07) is 4.38. The summed E-state index contributed by atoms with van der Waals surface area (Å²) in [6.07, 6.45) is 2.16. The highest BCUT2D eigenvalue weighted by Gasteiger charge is 2.23. The molecule has 2 N–H and O–H groups in total. The summed E-state index contributed by atoms with van der Waals surface area (Å²) in [6.45, 7) is 0. The van der Waals surface area contributed by atoms with E-state index in [4.69, 9.17) is 4.42 Å². The number of aromatic nitrogens is 1. The fourth-order valence-corrected chi connectivity index (χ4v) is 2.43. The number of aromatic carboxylic acids is 1. The molecule has 0 fully saturated rings. The summed E-state index contributed by atoms with van der Waals surface area (Å²) in [4.78, 5) is 14.9. The van der Waals surface area contributed by atoms with Crippen molar-refractivity contribution in [2.45, 2.75) is 0 Å². The lowest BCUT2D eigenvalue weighted by Gasteiger charge is -2.07. The van der Waals surface area contributed by atoms with Crippen LogP contribution in [-0.2, 0) is 0 Å². The molecule has 2 aromatic heterocycles. The van der Waals surface area contributed by atoms with E-state index in [0.29, 0.717) is 3.57 Å². The summed E-state index contributed by atoms with van der Waals surface area (Å²) >= 11 is 1.95. The van der Waals surface area contributed by atoms with Gasteiger partial charge in [-0.1, -0.05) is 0 Å². The molecule has 22 heavy (non-hydrogen) atoms. The maximum Gasteiger partial charge on any atom is 0.374 e. The van der Waals surface area contributed by atoms with Crippen LogP contribution in [0.15, 0.2) is 35.0 Å². The number of carboxylic acids is 1. The molecule has 2 heterocycles. The summed E-state index contributed by atoms with van der Waals surface area (Å²) < 4.78 is 33.3. The van der Waals surface area contributed by atoms with Crippen molar-refractivity contribution < 1.29 is 23.1 Å². The third-order valence-corrected chi connectivity index (χ3v) is 3.61. The molecule has 5 nitrogen and oxygen atoms in total. The highest BCUT2D eigenvalue weighted by atomic mass is 127. The number of fused-ring (bicyclic) bond motifs is 1. The van der Waals surface area contributed by atoms with Gasteiger partial charge in [-0.05, 0) is 40.8 Å². The first kappa shape index (κ1) is 14.7. The van der Waals surface area contributed by atoms with Crippen LogP contribution in [-0.4, -0.2) is 16.1 Å². The lowest BCUT2D eigenvalue weighted by molar-refractivity contribution is 0.0666. The monoisotopic (exact) mass is 416 g/mol. The minimum Gasteiger partial charge on any atom is -0.475 e. The van der Waals surface area contributed by atoms with E-state index < -0.39 is 23.4 Å². The van der Waals surface area contributed by atoms with E-state index in [1.165, 1.54) is 18.3 Å². The molecule has 3 aromatic rings. The fraction of sp³-hybridized carbons (Fsp3) is 0. The first-order chi connectivity index (χ1) is 10.5. The predicted molar refractivity (Wildman–Crippen MR) is 83.3 cm³/mol. The number of halogens is 3. The number of benzene rings is 1. The first-order valence-corrected chi connectivity index (χ1v) is 7.06. The molecular weight excluding hydrogens is 409 g/mol. The van der Waals surface area contributed by atoms with Crippen molar-refractivity contribution in [2.75, 3.05) is 5.32 Å². The van der Waals surface area contributed by atoms with Gasteiger partial charge in [0.15, 0.2) is 11.4 Å². The van der Waals surface area contributed by atoms with E-state index in [9.17, 15) is 18.7 Å². The second-order valence-electron chi connectivity index (χ2n) is 4.36. The molecular formula is C14H7F2IN2O3. The molecule has 0 atom stereocenters. The van der Waals surface area contributed by atoms with E-state index in [1.54, 1.807) is 6.07 Å². The Labute approximate surface area is 136 Å². The average Bonchev–Trinajstić information content (AvgIpc) is 2.82. The third kappa shape index (κ3) is 2.49. The zero-order valence-electron chi connectivity index (χ0n) is 10.7. The predicted octanol–water partition coefficient (Wildman–Crippen LogP) is 4.15. The third-order valence-electron chi connectivity index (χ3n) is 2.94. The van der Waals surface area contributed by atoms with Gasteiger partial charge in [0.2, 0.25) is 5.76 Å². The minimum atomic E-state index is -1.40. The number of rotatable bonds is 3. The molecule has 0 aliphatic heterocycles. The zero-order valence-corrected chi connectivity index (χ0v) is 12.9. The molecule has 0 bridgehead atoms. The van der Waals surface area contributed by atoms with Crippen LogP contribution in [0.2, 0.25) is 0 Å². The van der Waals surface area contributed by atoms with E-state index in [-0.39, 0.29) is 22.3 Å². The van der Waals surface area contributed by atoms with E-state index in [0.717, 1.165) is 6.20 Å². The molecule has 0 amide bonds. The first-order valence-electron chi connectivity index (χ1n) is 5.98. The number of pyridine rings is 1. The molecule has 8 heteroatoms. The molecule has 0 saturated carbocycles. The topological polar surface area (TPSA) is 75.4 Å². The number of carbonyl (C=O) groups is 1. The highest BCUT2D eigenvalue weighted by Crippen LogP contribution is 2.34. The Kier molecular flexibility index (Phi) is 3.69. The normalized spacial score (nSPS) is 10.9. The molecule has 0 spiro atoms. The van der Waals surface area contributed by atoms with Crippen LogP contribution in [0, 0.1) is 15.2 Å². The van der Waals surface area contributed by atoms with Crippen LogP contribution >= 0.6 is 22.6 Å². The number of hydrogen-bond donors (Lipinski definition) is 2. The molecule has 0 aliphatic rings. The van der Waals surface area contributed by atoms with Crippen LogP contribution < -0.4 is 5.32 Å². The quantitative estimate of drug-likeness (QED) is 0.628. The largest absolute Gasteiger partial charge is 0.475 e. The number of anilines is 2. The summed E-state index contributed by atoms with van der Waals surface area (Å²) in [5, 5.41) is 11.9. The molecule has 0 saturated heterocycles. The van der Waals surface area contributed by atoms with Crippen molar-refractivity contribution in [3.05, 3.63) is 51.6 Å². The summed E-state index contributed by atoms with van der Waals surface area (Å²) in [5.74, 6) is -3.28. The Hall–Kier alpha value is -2.23. The van der Waals surface area contributed by atoms with Crippen LogP contribution in [0.25, 0.3) is 11.0 Å².